The number of carbonyl (C=O) groups is 2. The number of nitrogens with one attached hydrogen (secondary N) is 2. The van der Waals surface area contributed by atoms with Crippen LogP contribution in [0.3, 0.4) is 0 Å². The number of amides is 2. The van der Waals surface area contributed by atoms with Gasteiger partial charge in [0.05, 0.1) is 0 Å². The Morgan fingerprint density at radius 3 is 1.04 bits per heavy atom. The smallest absolute Gasteiger partial charge is 0.255 e. The molecular formula is C38H28N2O3S2. The van der Waals surface area contributed by atoms with Crippen LogP contribution in [0.1, 0.15) is 20.7 Å². The van der Waals surface area contributed by atoms with E-state index in [0.717, 1.165) is 42.5 Å². The first-order valence-corrected chi connectivity index (χ1v) is 15.9. The van der Waals surface area contributed by atoms with Crippen molar-refractivity contribution in [1.82, 2.24) is 0 Å². The first-order valence-electron chi connectivity index (χ1n) is 14.2. The molecule has 45 heavy (non-hydrogen) atoms. The van der Waals surface area contributed by atoms with Gasteiger partial charge in [-0.2, -0.15) is 0 Å². The highest BCUT2D eigenvalue weighted by atomic mass is 32.2. The lowest BCUT2D eigenvalue weighted by atomic mass is 10.2. The molecule has 5 nitrogen and oxygen atoms in total. The Labute approximate surface area is 270 Å². The number of rotatable bonds is 10. The summed E-state index contributed by atoms with van der Waals surface area (Å²) in [6.45, 7) is 0. The van der Waals surface area contributed by atoms with E-state index in [2.05, 4.69) is 10.6 Å². The molecule has 0 bridgehead atoms. The van der Waals surface area contributed by atoms with Gasteiger partial charge in [0.15, 0.2) is 0 Å². The molecule has 0 saturated heterocycles. The van der Waals surface area contributed by atoms with E-state index in [1.54, 1.807) is 47.8 Å². The molecule has 0 spiro atoms. The fraction of sp³-hybridized carbons (Fsp3) is 0. The average Bonchev–Trinajstić information content (AvgIpc) is 3.09. The first-order chi connectivity index (χ1) is 22.1. The van der Waals surface area contributed by atoms with Gasteiger partial charge in [0.2, 0.25) is 0 Å². The van der Waals surface area contributed by atoms with Gasteiger partial charge in [0.25, 0.3) is 11.8 Å². The van der Waals surface area contributed by atoms with Gasteiger partial charge in [-0.25, -0.2) is 0 Å². The van der Waals surface area contributed by atoms with Gasteiger partial charge in [-0.3, -0.25) is 9.59 Å². The van der Waals surface area contributed by atoms with E-state index in [0.29, 0.717) is 11.1 Å². The van der Waals surface area contributed by atoms with Crippen molar-refractivity contribution >= 4 is 46.7 Å². The molecular weight excluding hydrogens is 597 g/mol. The molecule has 220 valence electrons. The number of benzene rings is 6. The van der Waals surface area contributed by atoms with Crippen molar-refractivity contribution in [3.8, 4) is 11.5 Å². The summed E-state index contributed by atoms with van der Waals surface area (Å²) in [6, 6.07) is 49.9. The third kappa shape index (κ3) is 8.44. The van der Waals surface area contributed by atoms with Crippen molar-refractivity contribution in [2.24, 2.45) is 0 Å². The van der Waals surface area contributed by atoms with Crippen molar-refractivity contribution in [3.63, 3.8) is 0 Å². The van der Waals surface area contributed by atoms with Crippen LogP contribution in [-0.4, -0.2) is 11.8 Å². The van der Waals surface area contributed by atoms with E-state index >= 15 is 0 Å². The normalized spacial score (nSPS) is 10.6. The summed E-state index contributed by atoms with van der Waals surface area (Å²) in [5, 5.41) is 5.86. The lowest BCUT2D eigenvalue weighted by Crippen LogP contribution is -2.11. The molecule has 0 aliphatic heterocycles. The van der Waals surface area contributed by atoms with Crippen LogP contribution in [0.25, 0.3) is 0 Å². The zero-order valence-electron chi connectivity index (χ0n) is 24.1. The maximum atomic E-state index is 12.4. The molecule has 0 unspecified atom stereocenters. The zero-order valence-corrected chi connectivity index (χ0v) is 25.7. The molecule has 0 aromatic heterocycles. The molecule has 0 aliphatic carbocycles. The van der Waals surface area contributed by atoms with Crippen LogP contribution in [0, 0.1) is 0 Å². The maximum absolute atomic E-state index is 12.4. The predicted molar refractivity (Wildman–Crippen MR) is 183 cm³/mol. The Kier molecular flexibility index (Phi) is 9.60. The highest BCUT2D eigenvalue weighted by Crippen LogP contribution is 2.33. The van der Waals surface area contributed by atoms with Crippen LogP contribution in [0.4, 0.5) is 11.4 Å². The van der Waals surface area contributed by atoms with Gasteiger partial charge in [0, 0.05) is 42.1 Å². The number of ether oxygens (including phenoxy) is 1. The molecule has 0 atom stereocenters. The fourth-order valence-corrected chi connectivity index (χ4v) is 5.99. The molecule has 0 aliphatic rings. The minimum absolute atomic E-state index is 0.127. The molecule has 0 radical (unpaired) electrons. The maximum Gasteiger partial charge on any atom is 0.255 e. The first kappa shape index (κ1) is 29.8. The van der Waals surface area contributed by atoms with Gasteiger partial charge < -0.3 is 15.4 Å². The zero-order chi connectivity index (χ0) is 30.8. The van der Waals surface area contributed by atoms with Crippen LogP contribution in [0.15, 0.2) is 177 Å². The summed E-state index contributed by atoms with van der Waals surface area (Å²) < 4.78 is 6.07. The highest BCUT2D eigenvalue weighted by Gasteiger charge is 2.08. The van der Waals surface area contributed by atoms with Gasteiger partial charge in [-0.05, 0) is 121 Å². The molecule has 6 rings (SSSR count). The fourth-order valence-electron chi connectivity index (χ4n) is 4.36. The van der Waals surface area contributed by atoms with Crippen LogP contribution in [0.5, 0.6) is 11.5 Å². The van der Waals surface area contributed by atoms with Crippen molar-refractivity contribution < 1.29 is 14.3 Å². The van der Waals surface area contributed by atoms with Crippen molar-refractivity contribution in [1.29, 1.82) is 0 Å². The van der Waals surface area contributed by atoms with Crippen molar-refractivity contribution in [2.45, 2.75) is 19.6 Å². The van der Waals surface area contributed by atoms with Crippen LogP contribution in [-0.2, 0) is 0 Å². The number of carbonyl (C=O) groups excluding carboxylic acids is 2. The molecule has 2 N–H and O–H groups in total. The SMILES string of the molecule is O=C(Nc1ccc(Sc2ccc(Oc3ccc(Sc4ccc(NC(=O)c5ccccc5)cc4)cc3)cc2)cc1)c1ccccc1. The van der Waals surface area contributed by atoms with Crippen LogP contribution < -0.4 is 15.4 Å². The lowest BCUT2D eigenvalue weighted by Gasteiger charge is -2.09. The Hall–Kier alpha value is -5.24. The third-order valence-corrected chi connectivity index (χ3v) is 8.68. The summed E-state index contributed by atoms with van der Waals surface area (Å²) in [5.74, 6) is 1.26. The Morgan fingerprint density at radius 2 is 0.711 bits per heavy atom. The Balaban J connectivity index is 0.978. The number of hydrogen-bond acceptors (Lipinski definition) is 5. The summed E-state index contributed by atoms with van der Waals surface area (Å²) >= 11 is 3.28. The average molecular weight is 625 g/mol. The highest BCUT2D eigenvalue weighted by molar-refractivity contribution is 7.99. The third-order valence-electron chi connectivity index (χ3n) is 6.65. The van der Waals surface area contributed by atoms with E-state index in [1.165, 1.54) is 0 Å². The van der Waals surface area contributed by atoms with E-state index in [-0.39, 0.29) is 11.8 Å². The number of hydrogen-bond donors (Lipinski definition) is 2. The topological polar surface area (TPSA) is 67.4 Å². The molecule has 2 amide bonds. The largest absolute Gasteiger partial charge is 0.457 e. The molecule has 0 heterocycles. The second kappa shape index (κ2) is 14.5. The monoisotopic (exact) mass is 624 g/mol. The quantitative estimate of drug-likeness (QED) is 0.159. The molecule has 6 aromatic carbocycles. The van der Waals surface area contributed by atoms with Crippen molar-refractivity contribution in [3.05, 3.63) is 169 Å². The minimum Gasteiger partial charge on any atom is -0.457 e. The predicted octanol–water partition coefficient (Wildman–Crippen LogP) is 10.3. The second-order valence-electron chi connectivity index (χ2n) is 9.94. The van der Waals surface area contributed by atoms with Gasteiger partial charge >= 0.3 is 0 Å². The van der Waals surface area contributed by atoms with Gasteiger partial charge in [-0.15, -0.1) is 0 Å². The summed E-state index contributed by atoms with van der Waals surface area (Å²) in [6.07, 6.45) is 0. The van der Waals surface area contributed by atoms with E-state index < -0.39 is 0 Å². The van der Waals surface area contributed by atoms with E-state index in [4.69, 9.17) is 4.74 Å². The standard InChI is InChI=1S/C38H28N2O3S2/c41-37(27-7-3-1-4-8-27)39-29-11-19-33(20-12-29)44-35-23-15-31(16-24-35)43-32-17-25-36(26-18-32)45-34-21-13-30(14-22-34)40-38(42)28-9-5-2-6-10-28/h1-26H,(H,39,41)(H,40,42). The Morgan fingerprint density at radius 1 is 0.400 bits per heavy atom. The summed E-state index contributed by atoms with van der Waals surface area (Å²) in [7, 11) is 0. The molecule has 0 fully saturated rings. The van der Waals surface area contributed by atoms with Crippen LogP contribution >= 0.6 is 23.5 Å². The van der Waals surface area contributed by atoms with E-state index in [1.807, 2.05) is 133 Å². The summed E-state index contributed by atoms with van der Waals surface area (Å²) in [5.41, 5.74) is 2.76. The van der Waals surface area contributed by atoms with Crippen LogP contribution in [0.2, 0.25) is 0 Å². The van der Waals surface area contributed by atoms with Gasteiger partial charge in [0.1, 0.15) is 11.5 Å². The minimum atomic E-state index is -0.127. The molecule has 7 heteroatoms. The number of anilines is 2. The Bertz CT molecular complexity index is 1720. The van der Waals surface area contributed by atoms with E-state index in [9.17, 15) is 9.59 Å². The lowest BCUT2D eigenvalue weighted by molar-refractivity contribution is 0.101. The summed E-state index contributed by atoms with van der Waals surface area (Å²) in [4.78, 5) is 29.1. The molecule has 0 saturated carbocycles. The molecule has 6 aromatic rings. The van der Waals surface area contributed by atoms with Crippen molar-refractivity contribution in [2.75, 3.05) is 10.6 Å². The second-order valence-corrected chi connectivity index (χ2v) is 12.2. The van der Waals surface area contributed by atoms with Gasteiger partial charge in [-0.1, -0.05) is 59.9 Å².